The average Bonchev–Trinajstić information content (AvgIpc) is 2.61. The standard InChI is InChI=1S/C19H18ClN3O2/c1-2-13-21-19(25)23-17-10-8-16(9-11-17)22-18(24)12-5-14-3-6-15(20)7-4-14/h2-12H,1,13H2,(H,22,24)(H2,21,23,25)/b12-5+. The molecule has 5 nitrogen and oxygen atoms in total. The second-order valence-electron chi connectivity index (χ2n) is 5.08. The van der Waals surface area contributed by atoms with E-state index in [1.807, 2.05) is 12.1 Å². The minimum Gasteiger partial charge on any atom is -0.334 e. The maximum atomic E-state index is 11.9. The van der Waals surface area contributed by atoms with E-state index < -0.39 is 0 Å². The molecule has 0 radical (unpaired) electrons. The summed E-state index contributed by atoms with van der Waals surface area (Å²) in [6.07, 6.45) is 4.74. The van der Waals surface area contributed by atoms with Crippen molar-refractivity contribution in [2.45, 2.75) is 0 Å². The number of hydrogen-bond donors (Lipinski definition) is 3. The summed E-state index contributed by atoms with van der Waals surface area (Å²) < 4.78 is 0. The minimum atomic E-state index is -0.317. The molecule has 3 N–H and O–H groups in total. The summed E-state index contributed by atoms with van der Waals surface area (Å²) in [5.74, 6) is -0.251. The first-order valence-corrected chi connectivity index (χ1v) is 7.95. The lowest BCUT2D eigenvalue weighted by Crippen LogP contribution is -2.28. The van der Waals surface area contributed by atoms with E-state index in [1.165, 1.54) is 6.08 Å². The Kier molecular flexibility index (Phi) is 6.80. The number of nitrogens with one attached hydrogen (secondary N) is 3. The first kappa shape index (κ1) is 18.3. The van der Waals surface area contributed by atoms with Gasteiger partial charge in [-0.25, -0.2) is 4.79 Å². The van der Waals surface area contributed by atoms with Gasteiger partial charge in [0.15, 0.2) is 0 Å². The largest absolute Gasteiger partial charge is 0.334 e. The molecule has 2 aromatic carbocycles. The van der Waals surface area contributed by atoms with Gasteiger partial charge >= 0.3 is 6.03 Å². The highest BCUT2D eigenvalue weighted by atomic mass is 35.5. The van der Waals surface area contributed by atoms with Crippen LogP contribution in [0, 0.1) is 0 Å². The monoisotopic (exact) mass is 355 g/mol. The van der Waals surface area contributed by atoms with Gasteiger partial charge in [-0.1, -0.05) is 29.8 Å². The molecule has 0 aromatic heterocycles. The number of hydrogen-bond acceptors (Lipinski definition) is 2. The summed E-state index contributed by atoms with van der Waals surface area (Å²) in [6.45, 7) is 3.91. The van der Waals surface area contributed by atoms with E-state index in [0.29, 0.717) is 22.9 Å². The van der Waals surface area contributed by atoms with E-state index in [2.05, 4.69) is 22.5 Å². The van der Waals surface area contributed by atoms with Gasteiger partial charge in [0.2, 0.25) is 5.91 Å². The van der Waals surface area contributed by atoms with Gasteiger partial charge in [-0.15, -0.1) is 6.58 Å². The Balaban J connectivity index is 1.87. The average molecular weight is 356 g/mol. The van der Waals surface area contributed by atoms with Crippen LogP contribution in [0.15, 0.2) is 67.3 Å². The third kappa shape index (κ3) is 6.53. The molecule has 0 bridgehead atoms. The molecule has 0 aliphatic heterocycles. The van der Waals surface area contributed by atoms with E-state index in [0.717, 1.165) is 5.56 Å². The molecule has 0 unspecified atom stereocenters. The molecular weight excluding hydrogens is 338 g/mol. The zero-order valence-corrected chi connectivity index (χ0v) is 14.2. The van der Waals surface area contributed by atoms with Crippen molar-refractivity contribution in [3.05, 3.63) is 77.8 Å². The summed E-state index contributed by atoms with van der Waals surface area (Å²) in [6, 6.07) is 13.7. The highest BCUT2D eigenvalue weighted by molar-refractivity contribution is 6.30. The van der Waals surface area contributed by atoms with Crippen LogP contribution < -0.4 is 16.0 Å². The number of carbonyl (C=O) groups excluding carboxylic acids is 2. The fourth-order valence-electron chi connectivity index (χ4n) is 1.91. The number of rotatable bonds is 6. The maximum Gasteiger partial charge on any atom is 0.319 e. The molecule has 2 aromatic rings. The number of halogens is 1. The van der Waals surface area contributed by atoms with Crippen molar-refractivity contribution in [2.24, 2.45) is 0 Å². The third-order valence-corrected chi connectivity index (χ3v) is 3.37. The molecule has 25 heavy (non-hydrogen) atoms. The van der Waals surface area contributed by atoms with Crippen molar-refractivity contribution < 1.29 is 9.59 Å². The third-order valence-electron chi connectivity index (χ3n) is 3.11. The molecular formula is C19H18ClN3O2. The van der Waals surface area contributed by atoms with Crippen molar-refractivity contribution in [1.82, 2.24) is 5.32 Å². The molecule has 0 fully saturated rings. The Morgan fingerprint density at radius 2 is 1.56 bits per heavy atom. The topological polar surface area (TPSA) is 70.2 Å². The van der Waals surface area contributed by atoms with Crippen LogP contribution in [-0.4, -0.2) is 18.5 Å². The van der Waals surface area contributed by atoms with Crippen molar-refractivity contribution in [2.75, 3.05) is 17.2 Å². The van der Waals surface area contributed by atoms with Crippen LogP contribution in [0.5, 0.6) is 0 Å². The smallest absolute Gasteiger partial charge is 0.319 e. The van der Waals surface area contributed by atoms with Crippen molar-refractivity contribution in [3.63, 3.8) is 0 Å². The van der Waals surface area contributed by atoms with Crippen LogP contribution in [0.25, 0.3) is 6.08 Å². The molecule has 0 saturated heterocycles. The molecule has 0 saturated carbocycles. The fraction of sp³-hybridized carbons (Fsp3) is 0.0526. The molecule has 0 atom stereocenters. The first-order chi connectivity index (χ1) is 12.1. The molecule has 0 aliphatic rings. The van der Waals surface area contributed by atoms with E-state index in [-0.39, 0.29) is 11.9 Å². The molecule has 0 heterocycles. The lowest BCUT2D eigenvalue weighted by Gasteiger charge is -2.07. The van der Waals surface area contributed by atoms with Gasteiger partial charge in [-0.3, -0.25) is 4.79 Å². The summed E-state index contributed by atoms with van der Waals surface area (Å²) in [4.78, 5) is 23.4. The molecule has 0 aliphatic carbocycles. The predicted octanol–water partition coefficient (Wildman–Crippen LogP) is 4.30. The van der Waals surface area contributed by atoms with Crippen molar-refractivity contribution in [1.29, 1.82) is 0 Å². The van der Waals surface area contributed by atoms with Crippen LogP contribution in [0.2, 0.25) is 5.02 Å². The SMILES string of the molecule is C=CCNC(=O)Nc1ccc(NC(=O)/C=C/c2ccc(Cl)cc2)cc1. The maximum absolute atomic E-state index is 11.9. The van der Waals surface area contributed by atoms with Gasteiger partial charge < -0.3 is 16.0 Å². The molecule has 3 amide bonds. The molecule has 6 heteroatoms. The van der Waals surface area contributed by atoms with Crippen LogP contribution in [0.1, 0.15) is 5.56 Å². The van der Waals surface area contributed by atoms with Gasteiger partial charge in [0.05, 0.1) is 0 Å². The quantitative estimate of drug-likeness (QED) is 0.534. The van der Waals surface area contributed by atoms with E-state index >= 15 is 0 Å². The molecule has 128 valence electrons. The first-order valence-electron chi connectivity index (χ1n) is 7.57. The zero-order chi connectivity index (χ0) is 18.1. The number of anilines is 2. The van der Waals surface area contributed by atoms with E-state index in [4.69, 9.17) is 11.6 Å². The van der Waals surface area contributed by atoms with Gasteiger partial charge in [-0.2, -0.15) is 0 Å². The van der Waals surface area contributed by atoms with Gasteiger partial charge in [0.25, 0.3) is 0 Å². The fourth-order valence-corrected chi connectivity index (χ4v) is 2.03. The Morgan fingerprint density at radius 3 is 2.16 bits per heavy atom. The summed E-state index contributed by atoms with van der Waals surface area (Å²) in [7, 11) is 0. The van der Waals surface area contributed by atoms with Crippen LogP contribution >= 0.6 is 11.6 Å². The predicted molar refractivity (Wildman–Crippen MR) is 103 cm³/mol. The molecule has 2 rings (SSSR count). The van der Waals surface area contributed by atoms with Crippen molar-refractivity contribution >= 4 is 41.0 Å². The van der Waals surface area contributed by atoms with Gasteiger partial charge in [0.1, 0.15) is 0 Å². The number of urea groups is 1. The van der Waals surface area contributed by atoms with Crippen molar-refractivity contribution in [3.8, 4) is 0 Å². The highest BCUT2D eigenvalue weighted by Crippen LogP contribution is 2.14. The zero-order valence-electron chi connectivity index (χ0n) is 13.5. The Labute approximate surface area is 151 Å². The van der Waals surface area contributed by atoms with Gasteiger partial charge in [0, 0.05) is 29.0 Å². The van der Waals surface area contributed by atoms with Crippen LogP contribution in [-0.2, 0) is 4.79 Å². The summed E-state index contributed by atoms with van der Waals surface area (Å²) in [5, 5.41) is 8.67. The Bertz CT molecular complexity index is 768. The Morgan fingerprint density at radius 1 is 0.960 bits per heavy atom. The number of carbonyl (C=O) groups is 2. The second kappa shape index (κ2) is 9.30. The second-order valence-corrected chi connectivity index (χ2v) is 5.51. The number of benzene rings is 2. The van der Waals surface area contributed by atoms with E-state index in [9.17, 15) is 9.59 Å². The summed E-state index contributed by atoms with van der Waals surface area (Å²) in [5.41, 5.74) is 2.13. The lowest BCUT2D eigenvalue weighted by atomic mass is 10.2. The van der Waals surface area contributed by atoms with E-state index in [1.54, 1.807) is 48.6 Å². The van der Waals surface area contributed by atoms with Crippen LogP contribution in [0.4, 0.5) is 16.2 Å². The minimum absolute atomic E-state index is 0.251. The highest BCUT2D eigenvalue weighted by Gasteiger charge is 2.01. The normalized spacial score (nSPS) is 10.3. The van der Waals surface area contributed by atoms with Gasteiger partial charge in [-0.05, 0) is 48.0 Å². The van der Waals surface area contributed by atoms with Crippen LogP contribution in [0.3, 0.4) is 0 Å². The number of amides is 3. The molecule has 0 spiro atoms. The summed E-state index contributed by atoms with van der Waals surface area (Å²) >= 11 is 5.81. The Hall–Kier alpha value is -3.05. The lowest BCUT2D eigenvalue weighted by molar-refractivity contribution is -0.111.